The molecule has 0 N–H and O–H groups in total. The van der Waals surface area contributed by atoms with Crippen molar-refractivity contribution in [3.8, 4) is 0 Å². The van der Waals surface area contributed by atoms with Crippen LogP contribution in [0.5, 0.6) is 0 Å². The first-order chi connectivity index (χ1) is 11.8. The summed E-state index contributed by atoms with van der Waals surface area (Å²) in [6.45, 7) is 2.51. The molecule has 0 radical (unpaired) electrons. The van der Waals surface area contributed by atoms with Gasteiger partial charge in [-0.05, 0) is 30.0 Å². The minimum atomic E-state index is -0.209. The molecule has 0 saturated heterocycles. The van der Waals surface area contributed by atoms with Crippen molar-refractivity contribution in [1.29, 1.82) is 0 Å². The van der Waals surface area contributed by atoms with Crippen LogP contribution in [0.3, 0.4) is 0 Å². The number of hydrogen-bond donors (Lipinski definition) is 0. The van der Waals surface area contributed by atoms with Gasteiger partial charge in [-0.1, -0.05) is 86.8 Å². The summed E-state index contributed by atoms with van der Waals surface area (Å²) >= 11 is 0. The third-order valence-electron chi connectivity index (χ3n) is 3.92. The molecule has 0 aliphatic carbocycles. The Labute approximate surface area is 145 Å². The Kier molecular flexibility index (Phi) is 7.82. The van der Waals surface area contributed by atoms with Crippen LogP contribution in [0.1, 0.15) is 50.2 Å². The van der Waals surface area contributed by atoms with Crippen LogP contribution in [0.15, 0.2) is 66.2 Å². The predicted molar refractivity (Wildman–Crippen MR) is 99.4 cm³/mol. The van der Waals surface area contributed by atoms with Gasteiger partial charge in [0.25, 0.3) is 0 Å². The van der Waals surface area contributed by atoms with Crippen molar-refractivity contribution in [3.05, 3.63) is 77.4 Å². The van der Waals surface area contributed by atoms with E-state index < -0.39 is 0 Å². The third-order valence-corrected chi connectivity index (χ3v) is 3.92. The average molecular weight is 322 g/mol. The lowest BCUT2D eigenvalue weighted by Gasteiger charge is -2.09. The van der Waals surface area contributed by atoms with Crippen molar-refractivity contribution >= 4 is 12.0 Å². The van der Waals surface area contributed by atoms with Crippen LogP contribution in [-0.4, -0.2) is 5.97 Å². The Morgan fingerprint density at radius 1 is 0.917 bits per heavy atom. The molecule has 2 aromatic rings. The van der Waals surface area contributed by atoms with Gasteiger partial charge in [0.05, 0.1) is 0 Å². The molecule has 0 aromatic heterocycles. The van der Waals surface area contributed by atoms with E-state index in [-0.39, 0.29) is 5.97 Å². The van der Waals surface area contributed by atoms with Crippen molar-refractivity contribution < 1.29 is 9.53 Å². The van der Waals surface area contributed by atoms with E-state index in [1.807, 2.05) is 66.7 Å². The van der Waals surface area contributed by atoms with Gasteiger partial charge in [-0.15, -0.1) is 0 Å². The maximum absolute atomic E-state index is 12.5. The van der Waals surface area contributed by atoms with Crippen molar-refractivity contribution in [3.63, 3.8) is 0 Å². The molecule has 0 amide bonds. The molecule has 0 atom stereocenters. The molecule has 2 heteroatoms. The van der Waals surface area contributed by atoms with Gasteiger partial charge in [0.15, 0.2) is 0 Å². The third kappa shape index (κ3) is 6.41. The topological polar surface area (TPSA) is 26.3 Å². The molecule has 0 spiro atoms. The maximum atomic E-state index is 12.5. The second-order valence-electron chi connectivity index (χ2n) is 5.95. The Hall–Kier alpha value is -2.35. The predicted octanol–water partition coefficient (Wildman–Crippen LogP) is 5.78. The highest BCUT2D eigenvalue weighted by Crippen LogP contribution is 2.17. The number of ether oxygens (including phenoxy) is 1. The molecular weight excluding hydrogens is 296 g/mol. The summed E-state index contributed by atoms with van der Waals surface area (Å²) in [7, 11) is 0. The minimum Gasteiger partial charge on any atom is -0.457 e. The lowest BCUT2D eigenvalue weighted by molar-refractivity contribution is -0.140. The van der Waals surface area contributed by atoms with Gasteiger partial charge < -0.3 is 4.74 Å². The normalized spacial score (nSPS) is 11.3. The first kappa shape index (κ1) is 18.0. The number of carbonyl (C=O) groups is 1. The van der Waals surface area contributed by atoms with Crippen LogP contribution in [0.2, 0.25) is 0 Å². The molecule has 2 nitrogen and oxygen atoms in total. The van der Waals surface area contributed by atoms with Crippen LogP contribution in [-0.2, 0) is 16.1 Å². The van der Waals surface area contributed by atoms with Crippen LogP contribution in [0.25, 0.3) is 6.08 Å². The number of esters is 1. The van der Waals surface area contributed by atoms with Gasteiger partial charge in [-0.3, -0.25) is 0 Å². The highest BCUT2D eigenvalue weighted by molar-refractivity contribution is 5.93. The number of hydrogen-bond acceptors (Lipinski definition) is 2. The van der Waals surface area contributed by atoms with Gasteiger partial charge >= 0.3 is 5.97 Å². The molecule has 0 bridgehead atoms. The molecule has 0 unspecified atom stereocenters. The molecule has 0 aliphatic rings. The summed E-state index contributed by atoms with van der Waals surface area (Å²) in [5.41, 5.74) is 2.81. The van der Waals surface area contributed by atoms with E-state index in [0.717, 1.165) is 36.0 Å². The fraction of sp³-hybridized carbons (Fsp3) is 0.318. The van der Waals surface area contributed by atoms with Crippen molar-refractivity contribution in [2.45, 2.75) is 45.6 Å². The van der Waals surface area contributed by atoms with E-state index in [1.165, 1.54) is 12.8 Å². The first-order valence-corrected chi connectivity index (χ1v) is 8.76. The SMILES string of the molecule is CCCCCCC(=Cc1ccccc1)C(=O)OCc1ccccc1. The average Bonchev–Trinajstić information content (AvgIpc) is 2.64. The standard InChI is InChI=1S/C22H26O2/c1-2-3-4-11-16-21(17-19-12-7-5-8-13-19)22(23)24-18-20-14-9-6-10-15-20/h5-10,12-15,17H,2-4,11,16,18H2,1H3. The second-order valence-corrected chi connectivity index (χ2v) is 5.95. The largest absolute Gasteiger partial charge is 0.457 e. The van der Waals surface area contributed by atoms with Crippen LogP contribution in [0.4, 0.5) is 0 Å². The summed E-state index contributed by atoms with van der Waals surface area (Å²) in [6.07, 6.45) is 7.29. The van der Waals surface area contributed by atoms with Crippen LogP contribution < -0.4 is 0 Å². The van der Waals surface area contributed by atoms with E-state index in [9.17, 15) is 4.79 Å². The smallest absolute Gasteiger partial charge is 0.334 e. The van der Waals surface area contributed by atoms with Gasteiger partial charge in [0.2, 0.25) is 0 Å². The molecule has 24 heavy (non-hydrogen) atoms. The van der Waals surface area contributed by atoms with Gasteiger partial charge in [0, 0.05) is 5.57 Å². The van der Waals surface area contributed by atoms with Crippen molar-refractivity contribution in [2.24, 2.45) is 0 Å². The van der Waals surface area contributed by atoms with E-state index in [1.54, 1.807) is 0 Å². The van der Waals surface area contributed by atoms with Gasteiger partial charge in [-0.25, -0.2) is 4.79 Å². The van der Waals surface area contributed by atoms with E-state index >= 15 is 0 Å². The van der Waals surface area contributed by atoms with E-state index in [2.05, 4.69) is 6.92 Å². The number of rotatable bonds is 9. The Bertz CT molecular complexity index is 630. The zero-order valence-corrected chi connectivity index (χ0v) is 14.4. The lowest BCUT2D eigenvalue weighted by atomic mass is 10.0. The van der Waals surface area contributed by atoms with Gasteiger partial charge in [-0.2, -0.15) is 0 Å². The summed E-state index contributed by atoms with van der Waals surface area (Å²) < 4.78 is 5.51. The molecule has 126 valence electrons. The highest BCUT2D eigenvalue weighted by atomic mass is 16.5. The summed E-state index contributed by atoms with van der Waals surface area (Å²) in [5, 5.41) is 0. The zero-order chi connectivity index (χ0) is 17.0. The monoisotopic (exact) mass is 322 g/mol. The number of benzene rings is 2. The fourth-order valence-electron chi connectivity index (χ4n) is 2.54. The fourth-order valence-corrected chi connectivity index (χ4v) is 2.54. The molecular formula is C22H26O2. The molecule has 2 rings (SSSR count). The summed E-state index contributed by atoms with van der Waals surface area (Å²) in [6, 6.07) is 19.8. The van der Waals surface area contributed by atoms with E-state index in [0.29, 0.717) is 6.61 Å². The molecule has 0 aliphatic heterocycles. The van der Waals surface area contributed by atoms with E-state index in [4.69, 9.17) is 4.74 Å². The second kappa shape index (κ2) is 10.4. The Morgan fingerprint density at radius 2 is 1.58 bits per heavy atom. The molecule has 2 aromatic carbocycles. The van der Waals surface area contributed by atoms with Gasteiger partial charge in [0.1, 0.15) is 6.61 Å². The molecule has 0 heterocycles. The van der Waals surface area contributed by atoms with Crippen molar-refractivity contribution in [2.75, 3.05) is 0 Å². The first-order valence-electron chi connectivity index (χ1n) is 8.76. The molecule has 0 saturated carbocycles. The Balaban J connectivity index is 2.00. The van der Waals surface area contributed by atoms with Crippen LogP contribution in [0, 0.1) is 0 Å². The number of carbonyl (C=O) groups excluding carboxylic acids is 1. The number of unbranched alkanes of at least 4 members (excludes halogenated alkanes) is 3. The lowest BCUT2D eigenvalue weighted by Crippen LogP contribution is -2.08. The maximum Gasteiger partial charge on any atom is 0.334 e. The Morgan fingerprint density at radius 3 is 2.25 bits per heavy atom. The highest BCUT2D eigenvalue weighted by Gasteiger charge is 2.11. The quantitative estimate of drug-likeness (QED) is 0.332. The molecule has 0 fully saturated rings. The summed E-state index contributed by atoms with van der Waals surface area (Å²) in [5.74, 6) is -0.209. The van der Waals surface area contributed by atoms with Crippen molar-refractivity contribution in [1.82, 2.24) is 0 Å². The van der Waals surface area contributed by atoms with Crippen LogP contribution >= 0.6 is 0 Å². The minimum absolute atomic E-state index is 0.209. The zero-order valence-electron chi connectivity index (χ0n) is 14.4. The summed E-state index contributed by atoms with van der Waals surface area (Å²) in [4.78, 5) is 12.5.